The van der Waals surface area contributed by atoms with E-state index in [0.29, 0.717) is 24.0 Å². The molecule has 6 heteroatoms. The van der Waals surface area contributed by atoms with E-state index in [1.54, 1.807) is 14.2 Å². The van der Waals surface area contributed by atoms with Crippen LogP contribution in [0.5, 0.6) is 5.88 Å². The third-order valence-corrected chi connectivity index (χ3v) is 5.64. The number of nitrogens with zero attached hydrogens (tertiary/aromatic N) is 1. The maximum atomic E-state index is 12.9. The van der Waals surface area contributed by atoms with Gasteiger partial charge in [0, 0.05) is 37.3 Å². The van der Waals surface area contributed by atoms with Crippen LogP contribution < -0.4 is 10.1 Å². The Hall–Kier alpha value is -1.66. The lowest BCUT2D eigenvalue weighted by Crippen LogP contribution is -2.62. The van der Waals surface area contributed by atoms with E-state index in [1.807, 2.05) is 6.07 Å². The highest BCUT2D eigenvalue weighted by Gasteiger charge is 2.54. The second-order valence-corrected chi connectivity index (χ2v) is 6.91. The zero-order valence-electron chi connectivity index (χ0n) is 14.2. The van der Waals surface area contributed by atoms with Crippen LogP contribution in [0.1, 0.15) is 34.5 Å². The summed E-state index contributed by atoms with van der Waals surface area (Å²) in [5, 5.41) is 3.19. The molecule has 1 amide bonds. The van der Waals surface area contributed by atoms with Crippen molar-refractivity contribution in [1.29, 1.82) is 0 Å². The molecule has 0 aromatic carbocycles. The molecular formula is C18H24N2O4. The van der Waals surface area contributed by atoms with E-state index < -0.39 is 0 Å². The largest absolute Gasteiger partial charge is 0.480 e. The summed E-state index contributed by atoms with van der Waals surface area (Å²) in [5.74, 6) is 0.933. The maximum Gasteiger partial charge on any atom is 0.257 e. The van der Waals surface area contributed by atoms with Gasteiger partial charge < -0.3 is 19.5 Å². The Kier molecular flexibility index (Phi) is 4.18. The second kappa shape index (κ2) is 6.33. The molecule has 0 radical (unpaired) electrons. The smallest absolute Gasteiger partial charge is 0.257 e. The van der Waals surface area contributed by atoms with Gasteiger partial charge in [-0.15, -0.1) is 0 Å². The van der Waals surface area contributed by atoms with Gasteiger partial charge in [-0.1, -0.05) is 0 Å². The lowest BCUT2D eigenvalue weighted by atomic mass is 9.67. The van der Waals surface area contributed by atoms with E-state index in [9.17, 15) is 4.79 Å². The van der Waals surface area contributed by atoms with Crippen LogP contribution in [0.25, 0.3) is 0 Å². The van der Waals surface area contributed by atoms with Gasteiger partial charge in [-0.3, -0.25) is 4.79 Å². The summed E-state index contributed by atoms with van der Waals surface area (Å²) in [6.07, 6.45) is 4.26. The Morgan fingerprint density at radius 2 is 2.29 bits per heavy atom. The molecule has 4 rings (SSSR count). The zero-order chi connectivity index (χ0) is 16.7. The SMILES string of the molecule is COC[C@@H]1[C@H](NC(=O)c2cc3c(nc2OC)CCC3)[C@H]2CCO[C@H]21. The van der Waals surface area contributed by atoms with Crippen molar-refractivity contribution >= 4 is 5.91 Å². The Morgan fingerprint density at radius 3 is 3.08 bits per heavy atom. The Balaban J connectivity index is 1.54. The molecule has 130 valence electrons. The molecule has 4 atom stereocenters. The summed E-state index contributed by atoms with van der Waals surface area (Å²) in [7, 11) is 3.26. The Morgan fingerprint density at radius 1 is 1.42 bits per heavy atom. The van der Waals surface area contributed by atoms with E-state index >= 15 is 0 Å². The number of carbonyl (C=O) groups excluding carboxylic acids is 1. The van der Waals surface area contributed by atoms with Crippen molar-refractivity contribution < 1.29 is 19.0 Å². The Labute approximate surface area is 141 Å². The number of nitrogens with one attached hydrogen (secondary N) is 1. The van der Waals surface area contributed by atoms with Gasteiger partial charge in [-0.05, 0) is 37.3 Å². The molecule has 1 aliphatic heterocycles. The number of aromatic nitrogens is 1. The van der Waals surface area contributed by atoms with Crippen molar-refractivity contribution in [3.63, 3.8) is 0 Å². The average molecular weight is 332 g/mol. The first kappa shape index (κ1) is 15.8. The van der Waals surface area contributed by atoms with Gasteiger partial charge in [0.25, 0.3) is 5.91 Å². The topological polar surface area (TPSA) is 69.7 Å². The van der Waals surface area contributed by atoms with Crippen molar-refractivity contribution in [3.05, 3.63) is 22.9 Å². The number of methoxy groups -OCH3 is 2. The molecule has 2 heterocycles. The number of hydrogen-bond acceptors (Lipinski definition) is 5. The molecule has 24 heavy (non-hydrogen) atoms. The van der Waals surface area contributed by atoms with Crippen LogP contribution >= 0.6 is 0 Å². The number of hydrogen-bond donors (Lipinski definition) is 1. The second-order valence-electron chi connectivity index (χ2n) is 6.91. The highest BCUT2D eigenvalue weighted by atomic mass is 16.5. The lowest BCUT2D eigenvalue weighted by Gasteiger charge is -2.47. The third-order valence-electron chi connectivity index (χ3n) is 5.64. The summed E-state index contributed by atoms with van der Waals surface area (Å²) < 4.78 is 16.4. The molecule has 1 aromatic rings. The Bertz CT molecular complexity index is 648. The lowest BCUT2D eigenvalue weighted by molar-refractivity contribution is -0.0809. The number of carbonyl (C=O) groups is 1. The van der Waals surface area contributed by atoms with Crippen molar-refractivity contribution in [2.24, 2.45) is 11.8 Å². The normalized spacial score (nSPS) is 30.4. The van der Waals surface area contributed by atoms with Gasteiger partial charge >= 0.3 is 0 Å². The number of amides is 1. The van der Waals surface area contributed by atoms with Crippen LogP contribution in [0.15, 0.2) is 6.07 Å². The van der Waals surface area contributed by atoms with Crippen LogP contribution in [0.4, 0.5) is 0 Å². The van der Waals surface area contributed by atoms with Crippen LogP contribution in [0.3, 0.4) is 0 Å². The minimum atomic E-state index is -0.106. The molecule has 0 bridgehead atoms. The summed E-state index contributed by atoms with van der Waals surface area (Å²) >= 11 is 0. The summed E-state index contributed by atoms with van der Waals surface area (Å²) in [6.45, 7) is 1.37. The molecule has 3 aliphatic rings. The van der Waals surface area contributed by atoms with E-state index in [0.717, 1.165) is 38.0 Å². The summed E-state index contributed by atoms with van der Waals surface area (Å²) in [4.78, 5) is 17.4. The van der Waals surface area contributed by atoms with Crippen molar-refractivity contribution in [2.75, 3.05) is 27.4 Å². The van der Waals surface area contributed by atoms with Crippen LogP contribution in [-0.2, 0) is 22.3 Å². The molecule has 6 nitrogen and oxygen atoms in total. The number of aryl methyl sites for hydroxylation is 2. The maximum absolute atomic E-state index is 12.9. The van der Waals surface area contributed by atoms with Crippen molar-refractivity contribution in [2.45, 2.75) is 37.8 Å². The molecule has 0 unspecified atom stereocenters. The fourth-order valence-electron chi connectivity index (χ4n) is 4.43. The molecule has 1 N–H and O–H groups in total. The summed E-state index contributed by atoms with van der Waals surface area (Å²) in [6, 6.07) is 2.05. The third kappa shape index (κ3) is 2.48. The first-order chi connectivity index (χ1) is 11.7. The number of fused-ring (bicyclic) bond motifs is 2. The molecule has 1 aromatic heterocycles. The first-order valence-electron chi connectivity index (χ1n) is 8.71. The number of pyridine rings is 1. The van der Waals surface area contributed by atoms with E-state index in [2.05, 4.69) is 10.3 Å². The van der Waals surface area contributed by atoms with Gasteiger partial charge in [0.05, 0.1) is 19.8 Å². The highest BCUT2D eigenvalue weighted by molar-refractivity contribution is 5.97. The molecule has 2 fully saturated rings. The van der Waals surface area contributed by atoms with E-state index in [1.165, 1.54) is 5.56 Å². The van der Waals surface area contributed by atoms with Gasteiger partial charge in [0.15, 0.2) is 0 Å². The molecular weight excluding hydrogens is 308 g/mol. The fraction of sp³-hybridized carbons (Fsp3) is 0.667. The van der Waals surface area contributed by atoms with Gasteiger partial charge in [-0.25, -0.2) is 4.98 Å². The minimum Gasteiger partial charge on any atom is -0.480 e. The minimum absolute atomic E-state index is 0.0999. The van der Waals surface area contributed by atoms with Crippen molar-refractivity contribution in [3.8, 4) is 5.88 Å². The fourth-order valence-corrected chi connectivity index (χ4v) is 4.43. The quantitative estimate of drug-likeness (QED) is 0.882. The van der Waals surface area contributed by atoms with E-state index in [4.69, 9.17) is 14.2 Å². The van der Waals surface area contributed by atoms with Gasteiger partial charge in [-0.2, -0.15) is 0 Å². The van der Waals surface area contributed by atoms with Crippen LogP contribution in [-0.4, -0.2) is 50.5 Å². The van der Waals surface area contributed by atoms with Gasteiger partial charge in [0.2, 0.25) is 5.88 Å². The number of rotatable bonds is 5. The molecule has 1 saturated carbocycles. The molecule has 1 saturated heterocycles. The predicted molar refractivity (Wildman–Crippen MR) is 87.3 cm³/mol. The highest BCUT2D eigenvalue weighted by Crippen LogP contribution is 2.44. The molecule has 0 spiro atoms. The zero-order valence-corrected chi connectivity index (χ0v) is 14.2. The molecule has 2 aliphatic carbocycles. The van der Waals surface area contributed by atoms with E-state index in [-0.39, 0.29) is 24.0 Å². The monoisotopic (exact) mass is 332 g/mol. The number of ether oxygens (including phenoxy) is 3. The first-order valence-corrected chi connectivity index (χ1v) is 8.71. The van der Waals surface area contributed by atoms with Crippen molar-refractivity contribution in [1.82, 2.24) is 10.3 Å². The summed E-state index contributed by atoms with van der Waals surface area (Å²) in [5.41, 5.74) is 2.77. The standard InChI is InChI=1S/C18H24N2O4/c1-22-9-13-15(11-6-7-24-16(11)13)20-17(21)12-8-10-4-3-5-14(10)19-18(12)23-2/h8,11,13,15-16H,3-7,9H2,1-2H3,(H,20,21)/t11-,13-,15-,16-/m1/s1. The predicted octanol–water partition coefficient (Wildman–Crippen LogP) is 1.36. The van der Waals surface area contributed by atoms with Crippen LogP contribution in [0.2, 0.25) is 0 Å². The van der Waals surface area contributed by atoms with Gasteiger partial charge in [0.1, 0.15) is 5.56 Å². The average Bonchev–Trinajstić information content (AvgIpc) is 3.22. The van der Waals surface area contributed by atoms with Crippen LogP contribution in [0, 0.1) is 11.8 Å².